The first-order chi connectivity index (χ1) is 16.7. The number of nitrogens with zero attached hydrogens (tertiary/aromatic N) is 5. The van der Waals surface area contributed by atoms with Crippen LogP contribution in [0.1, 0.15) is 12.8 Å². The number of pyridine rings is 2. The van der Waals surface area contributed by atoms with Gasteiger partial charge in [0.2, 0.25) is 5.88 Å². The number of fused-ring (bicyclic) bond motifs is 2. The molecule has 0 atom stereocenters. The van der Waals surface area contributed by atoms with Crippen LogP contribution in [-0.2, 0) is 0 Å². The molecule has 6 rings (SSSR count). The van der Waals surface area contributed by atoms with E-state index >= 15 is 0 Å². The van der Waals surface area contributed by atoms with Gasteiger partial charge >= 0.3 is 0 Å². The van der Waals surface area contributed by atoms with Gasteiger partial charge in [-0.15, -0.1) is 0 Å². The van der Waals surface area contributed by atoms with Gasteiger partial charge in [0.15, 0.2) is 0 Å². The van der Waals surface area contributed by atoms with Crippen LogP contribution in [0.15, 0.2) is 73.2 Å². The number of methoxy groups -OCH3 is 1. The van der Waals surface area contributed by atoms with Crippen molar-refractivity contribution in [2.75, 3.05) is 25.1 Å². The van der Waals surface area contributed by atoms with Crippen molar-refractivity contribution in [3.05, 3.63) is 73.2 Å². The van der Waals surface area contributed by atoms with Crippen LogP contribution in [-0.4, -0.2) is 45.8 Å². The summed E-state index contributed by atoms with van der Waals surface area (Å²) in [7, 11) is 1.62. The Kier molecular flexibility index (Phi) is 5.11. The van der Waals surface area contributed by atoms with E-state index in [1.54, 1.807) is 7.11 Å². The number of hydrogen-bond acceptors (Lipinski definition) is 6. The minimum Gasteiger partial charge on any atom is -0.481 e. The van der Waals surface area contributed by atoms with Crippen molar-refractivity contribution in [2.45, 2.75) is 18.9 Å². The van der Waals surface area contributed by atoms with Gasteiger partial charge in [-0.3, -0.25) is 4.57 Å². The molecule has 7 heteroatoms. The molecule has 4 heterocycles. The number of para-hydroxylation sites is 1. The molecule has 1 aliphatic heterocycles. The lowest BCUT2D eigenvalue weighted by molar-refractivity contribution is 0.398. The fraction of sp³-hybridized carbons (Fsp3) is 0.222. The van der Waals surface area contributed by atoms with E-state index < -0.39 is 0 Å². The molecular formula is C27H26N6O. The molecule has 5 aromatic rings. The maximum absolute atomic E-state index is 6.13. The summed E-state index contributed by atoms with van der Waals surface area (Å²) in [6.07, 6.45) is 5.68. The van der Waals surface area contributed by atoms with Gasteiger partial charge in [-0.05, 0) is 54.8 Å². The third-order valence-electron chi connectivity index (χ3n) is 6.64. The number of rotatable bonds is 4. The Morgan fingerprint density at radius 2 is 1.79 bits per heavy atom. The Morgan fingerprint density at radius 3 is 2.59 bits per heavy atom. The molecule has 170 valence electrons. The number of nitrogens with two attached hydrogens (primary N) is 1. The second-order valence-electron chi connectivity index (χ2n) is 8.75. The fourth-order valence-electron chi connectivity index (χ4n) is 4.70. The molecule has 0 aliphatic carbocycles. The zero-order valence-electron chi connectivity index (χ0n) is 19.1. The molecule has 2 N–H and O–H groups in total. The highest BCUT2D eigenvalue weighted by Gasteiger charge is 2.19. The topological polar surface area (TPSA) is 82.1 Å². The zero-order valence-corrected chi connectivity index (χ0v) is 19.1. The van der Waals surface area contributed by atoms with Gasteiger partial charge in [0.25, 0.3) is 0 Å². The number of aromatic nitrogens is 4. The largest absolute Gasteiger partial charge is 0.481 e. The third kappa shape index (κ3) is 3.64. The normalized spacial score (nSPS) is 14.7. The molecule has 0 saturated carbocycles. The first-order valence-corrected chi connectivity index (χ1v) is 11.6. The van der Waals surface area contributed by atoms with E-state index in [4.69, 9.17) is 15.5 Å². The lowest BCUT2D eigenvalue weighted by Gasteiger charge is -2.32. The molecule has 2 aromatic carbocycles. The Balaban J connectivity index is 1.38. The molecule has 0 spiro atoms. The van der Waals surface area contributed by atoms with Crippen LogP contribution in [0.3, 0.4) is 0 Å². The highest BCUT2D eigenvalue weighted by molar-refractivity contribution is 5.92. The lowest BCUT2D eigenvalue weighted by Crippen LogP contribution is -2.39. The lowest BCUT2D eigenvalue weighted by atomic mass is 10.0. The first-order valence-electron chi connectivity index (χ1n) is 11.6. The summed E-state index contributed by atoms with van der Waals surface area (Å²) in [5.74, 6) is 1.46. The van der Waals surface area contributed by atoms with E-state index in [0.717, 1.165) is 64.8 Å². The SMILES string of the molecule is COc1ccc(-c2ccc3c(c2)ncn3-c2ccc3cccc(N4CCC(N)CC4)c3n2)cn1. The molecule has 0 radical (unpaired) electrons. The second-order valence-corrected chi connectivity index (χ2v) is 8.75. The smallest absolute Gasteiger partial charge is 0.212 e. The van der Waals surface area contributed by atoms with Gasteiger partial charge < -0.3 is 15.4 Å². The summed E-state index contributed by atoms with van der Waals surface area (Å²) in [5, 5.41) is 1.13. The average Bonchev–Trinajstić information content (AvgIpc) is 3.32. The summed E-state index contributed by atoms with van der Waals surface area (Å²) < 4.78 is 7.22. The van der Waals surface area contributed by atoms with Crippen LogP contribution in [0.4, 0.5) is 5.69 Å². The van der Waals surface area contributed by atoms with E-state index in [0.29, 0.717) is 11.9 Å². The van der Waals surface area contributed by atoms with Crippen molar-refractivity contribution in [3.63, 3.8) is 0 Å². The molecule has 0 unspecified atom stereocenters. The molecule has 1 saturated heterocycles. The molecule has 0 amide bonds. The minimum atomic E-state index is 0.297. The van der Waals surface area contributed by atoms with Crippen LogP contribution in [0.25, 0.3) is 38.9 Å². The van der Waals surface area contributed by atoms with Gasteiger partial charge in [-0.1, -0.05) is 18.2 Å². The number of piperidine rings is 1. The summed E-state index contributed by atoms with van der Waals surface area (Å²) in [4.78, 5) is 16.5. The number of anilines is 1. The van der Waals surface area contributed by atoms with Crippen molar-refractivity contribution in [2.24, 2.45) is 5.73 Å². The molecule has 7 nitrogen and oxygen atoms in total. The van der Waals surface area contributed by atoms with Crippen LogP contribution in [0.5, 0.6) is 5.88 Å². The van der Waals surface area contributed by atoms with Crippen LogP contribution in [0.2, 0.25) is 0 Å². The zero-order chi connectivity index (χ0) is 23.1. The Labute approximate surface area is 197 Å². The van der Waals surface area contributed by atoms with Gasteiger partial charge in [0.1, 0.15) is 12.1 Å². The van der Waals surface area contributed by atoms with Crippen molar-refractivity contribution >= 4 is 27.6 Å². The first kappa shape index (κ1) is 20.6. The molecule has 1 aliphatic rings. The van der Waals surface area contributed by atoms with Crippen molar-refractivity contribution < 1.29 is 4.74 Å². The summed E-state index contributed by atoms with van der Waals surface area (Å²) >= 11 is 0. The van der Waals surface area contributed by atoms with E-state index in [1.165, 1.54) is 5.69 Å². The van der Waals surface area contributed by atoms with Crippen molar-refractivity contribution in [3.8, 4) is 22.8 Å². The number of hydrogen-bond donors (Lipinski definition) is 1. The summed E-state index contributed by atoms with van der Waals surface area (Å²) in [6, 6.07) is 21.0. The highest BCUT2D eigenvalue weighted by Crippen LogP contribution is 2.30. The van der Waals surface area contributed by atoms with Crippen molar-refractivity contribution in [1.29, 1.82) is 0 Å². The third-order valence-corrected chi connectivity index (χ3v) is 6.64. The number of benzene rings is 2. The maximum atomic E-state index is 6.13. The Morgan fingerprint density at radius 1 is 0.941 bits per heavy atom. The number of imidazole rings is 1. The summed E-state index contributed by atoms with van der Waals surface area (Å²) in [6.45, 7) is 1.92. The van der Waals surface area contributed by atoms with Crippen molar-refractivity contribution in [1.82, 2.24) is 19.5 Å². The predicted octanol–water partition coefficient (Wildman–Crippen LogP) is 4.57. The Bertz CT molecular complexity index is 1470. The van der Waals surface area contributed by atoms with E-state index in [9.17, 15) is 0 Å². The Hall–Kier alpha value is -3.97. The van der Waals surface area contributed by atoms with Crippen LogP contribution in [0, 0.1) is 0 Å². The predicted molar refractivity (Wildman–Crippen MR) is 136 cm³/mol. The van der Waals surface area contributed by atoms with Crippen LogP contribution >= 0.6 is 0 Å². The molecule has 0 bridgehead atoms. The molecule has 1 fully saturated rings. The standard InChI is InChI=1S/C27H26N6O/c1-34-26-10-7-20(16-29-26)19-5-8-23-22(15-19)30-17-33(23)25-9-6-18-3-2-4-24(27(18)31-25)32-13-11-21(28)12-14-32/h2-10,15-17,21H,11-14,28H2,1H3. The minimum absolute atomic E-state index is 0.297. The molecule has 34 heavy (non-hydrogen) atoms. The summed E-state index contributed by atoms with van der Waals surface area (Å²) in [5.41, 5.74) is 12.3. The van der Waals surface area contributed by atoms with Gasteiger partial charge in [0, 0.05) is 42.3 Å². The molecule has 3 aromatic heterocycles. The van der Waals surface area contributed by atoms with Gasteiger partial charge in [0.05, 0.1) is 29.3 Å². The number of ether oxygens (including phenoxy) is 1. The average molecular weight is 451 g/mol. The highest BCUT2D eigenvalue weighted by atomic mass is 16.5. The second kappa shape index (κ2) is 8.43. The van der Waals surface area contributed by atoms with E-state index in [-0.39, 0.29) is 0 Å². The van der Waals surface area contributed by atoms with Gasteiger partial charge in [-0.2, -0.15) is 0 Å². The monoisotopic (exact) mass is 450 g/mol. The molecular weight excluding hydrogens is 424 g/mol. The van der Waals surface area contributed by atoms with E-state index in [1.807, 2.05) is 29.2 Å². The fourth-order valence-corrected chi connectivity index (χ4v) is 4.70. The quantitative estimate of drug-likeness (QED) is 0.432. The van der Waals surface area contributed by atoms with E-state index in [2.05, 4.69) is 63.4 Å². The van der Waals surface area contributed by atoms with Crippen LogP contribution < -0.4 is 15.4 Å². The maximum Gasteiger partial charge on any atom is 0.212 e. The van der Waals surface area contributed by atoms with Gasteiger partial charge in [-0.25, -0.2) is 15.0 Å².